The van der Waals surface area contributed by atoms with Crippen LogP contribution in [0.4, 0.5) is 0 Å². The highest BCUT2D eigenvalue weighted by molar-refractivity contribution is 5.36. The van der Waals surface area contributed by atoms with Crippen molar-refractivity contribution in [1.29, 1.82) is 0 Å². The molecule has 2 unspecified atom stereocenters. The third kappa shape index (κ3) is 3.24. The minimum Gasteiger partial charge on any atom is -0.496 e. The molecule has 0 saturated carbocycles. The first-order valence-corrected chi connectivity index (χ1v) is 8.23. The van der Waals surface area contributed by atoms with Crippen LogP contribution in [0.3, 0.4) is 0 Å². The van der Waals surface area contributed by atoms with Crippen LogP contribution in [0, 0.1) is 12.8 Å². The number of rotatable bonds is 5. The van der Waals surface area contributed by atoms with Crippen molar-refractivity contribution in [2.75, 3.05) is 20.7 Å². The zero-order valence-corrected chi connectivity index (χ0v) is 13.6. The first kappa shape index (κ1) is 14.9. The number of methoxy groups -OCH3 is 1. The molecule has 116 valence electrons. The number of nitrogens with zero attached hydrogens (tertiary/aromatic N) is 1. The van der Waals surface area contributed by atoms with Crippen molar-refractivity contribution >= 4 is 0 Å². The van der Waals surface area contributed by atoms with Gasteiger partial charge in [0.2, 0.25) is 0 Å². The van der Waals surface area contributed by atoms with Crippen LogP contribution >= 0.6 is 0 Å². The third-order valence-electron chi connectivity index (χ3n) is 5.42. The maximum atomic E-state index is 5.32. The zero-order chi connectivity index (χ0) is 14.8. The lowest BCUT2D eigenvalue weighted by Gasteiger charge is -2.36. The van der Waals surface area contributed by atoms with E-state index in [4.69, 9.17) is 4.74 Å². The Hall–Kier alpha value is -1.06. The van der Waals surface area contributed by atoms with Crippen LogP contribution in [0.5, 0.6) is 5.75 Å². The fourth-order valence-corrected chi connectivity index (χ4v) is 4.16. The van der Waals surface area contributed by atoms with E-state index in [1.165, 1.54) is 36.8 Å². The predicted molar refractivity (Wildman–Crippen MR) is 86.7 cm³/mol. The number of hydrogen-bond acceptors (Lipinski definition) is 3. The van der Waals surface area contributed by atoms with E-state index in [0.29, 0.717) is 0 Å². The maximum Gasteiger partial charge on any atom is 0.121 e. The maximum absolute atomic E-state index is 5.32. The van der Waals surface area contributed by atoms with Crippen molar-refractivity contribution in [3.63, 3.8) is 0 Å². The van der Waals surface area contributed by atoms with Gasteiger partial charge < -0.3 is 15.0 Å². The van der Waals surface area contributed by atoms with Gasteiger partial charge in [-0.15, -0.1) is 0 Å². The van der Waals surface area contributed by atoms with E-state index in [0.717, 1.165) is 36.8 Å². The fraction of sp³-hybridized carbons (Fsp3) is 0.667. The zero-order valence-electron chi connectivity index (χ0n) is 13.6. The molecule has 2 atom stereocenters. The number of piperidine rings is 1. The normalized spacial score (nSPS) is 28.8. The first-order valence-electron chi connectivity index (χ1n) is 8.23. The SMILES string of the molecule is COc1ccc(CNCC2CC3CCC(C2)N3C)cc1C. The van der Waals surface area contributed by atoms with Crippen LogP contribution in [0.15, 0.2) is 18.2 Å². The summed E-state index contributed by atoms with van der Waals surface area (Å²) in [4.78, 5) is 2.61. The average molecular weight is 288 g/mol. The van der Waals surface area contributed by atoms with Crippen molar-refractivity contribution in [3.05, 3.63) is 29.3 Å². The van der Waals surface area contributed by atoms with Crippen molar-refractivity contribution in [2.24, 2.45) is 5.92 Å². The molecule has 2 aliphatic rings. The molecule has 2 saturated heterocycles. The molecule has 0 radical (unpaired) electrons. The lowest BCUT2D eigenvalue weighted by molar-refractivity contribution is 0.133. The van der Waals surface area contributed by atoms with E-state index in [2.05, 4.69) is 42.4 Å². The summed E-state index contributed by atoms with van der Waals surface area (Å²) in [7, 11) is 4.04. The molecule has 1 aromatic rings. The summed E-state index contributed by atoms with van der Waals surface area (Å²) in [5.74, 6) is 1.84. The van der Waals surface area contributed by atoms with Crippen LogP contribution < -0.4 is 10.1 Å². The summed E-state index contributed by atoms with van der Waals surface area (Å²) >= 11 is 0. The van der Waals surface area contributed by atoms with Gasteiger partial charge in [0.15, 0.2) is 0 Å². The van der Waals surface area contributed by atoms with E-state index in [-0.39, 0.29) is 0 Å². The highest BCUT2D eigenvalue weighted by Gasteiger charge is 2.37. The fourth-order valence-electron chi connectivity index (χ4n) is 4.16. The highest BCUT2D eigenvalue weighted by Crippen LogP contribution is 2.37. The van der Waals surface area contributed by atoms with E-state index >= 15 is 0 Å². The Morgan fingerprint density at radius 3 is 2.57 bits per heavy atom. The topological polar surface area (TPSA) is 24.5 Å². The molecular formula is C18H28N2O. The molecular weight excluding hydrogens is 260 g/mol. The molecule has 3 nitrogen and oxygen atoms in total. The second-order valence-electron chi connectivity index (χ2n) is 6.82. The minimum atomic E-state index is 0.846. The van der Waals surface area contributed by atoms with Crippen LogP contribution in [0.25, 0.3) is 0 Å². The van der Waals surface area contributed by atoms with Crippen molar-refractivity contribution < 1.29 is 4.74 Å². The standard InChI is InChI=1S/C18H28N2O/c1-13-8-14(4-7-18(13)21-3)11-19-12-15-9-16-5-6-17(10-15)20(16)2/h4,7-8,15-17,19H,5-6,9-12H2,1-3H3. The molecule has 2 aliphatic heterocycles. The van der Waals surface area contributed by atoms with Gasteiger partial charge in [-0.1, -0.05) is 12.1 Å². The largest absolute Gasteiger partial charge is 0.496 e. The first-order chi connectivity index (χ1) is 10.2. The molecule has 0 aromatic heterocycles. The second kappa shape index (κ2) is 6.37. The van der Waals surface area contributed by atoms with Gasteiger partial charge in [-0.05, 0) is 69.3 Å². The Labute approximate surface area is 128 Å². The monoisotopic (exact) mass is 288 g/mol. The molecule has 0 amide bonds. The van der Waals surface area contributed by atoms with Gasteiger partial charge in [0.05, 0.1) is 7.11 Å². The summed E-state index contributed by atoms with van der Waals surface area (Å²) < 4.78 is 5.32. The predicted octanol–water partition coefficient (Wildman–Crippen LogP) is 2.97. The van der Waals surface area contributed by atoms with Crippen LogP contribution in [-0.2, 0) is 6.54 Å². The van der Waals surface area contributed by atoms with Gasteiger partial charge in [0.25, 0.3) is 0 Å². The average Bonchev–Trinajstić information content (AvgIpc) is 2.70. The highest BCUT2D eigenvalue weighted by atomic mass is 16.5. The Morgan fingerprint density at radius 1 is 1.24 bits per heavy atom. The van der Waals surface area contributed by atoms with Gasteiger partial charge in [0.1, 0.15) is 5.75 Å². The Morgan fingerprint density at radius 2 is 1.95 bits per heavy atom. The number of benzene rings is 1. The molecule has 0 aliphatic carbocycles. The number of hydrogen-bond donors (Lipinski definition) is 1. The van der Waals surface area contributed by atoms with Crippen molar-refractivity contribution in [2.45, 2.75) is 51.2 Å². The molecule has 3 heteroatoms. The van der Waals surface area contributed by atoms with E-state index in [9.17, 15) is 0 Å². The minimum absolute atomic E-state index is 0.846. The van der Waals surface area contributed by atoms with Crippen LogP contribution in [-0.4, -0.2) is 37.7 Å². The van der Waals surface area contributed by atoms with E-state index < -0.39 is 0 Å². The quantitative estimate of drug-likeness (QED) is 0.901. The summed E-state index contributed by atoms with van der Waals surface area (Å²) in [6.07, 6.45) is 5.58. The number of ether oxygens (including phenoxy) is 1. The van der Waals surface area contributed by atoms with Crippen LogP contribution in [0.1, 0.15) is 36.8 Å². The van der Waals surface area contributed by atoms with Gasteiger partial charge in [-0.25, -0.2) is 0 Å². The lowest BCUT2D eigenvalue weighted by atomic mass is 9.91. The van der Waals surface area contributed by atoms with Gasteiger partial charge >= 0.3 is 0 Å². The van der Waals surface area contributed by atoms with Gasteiger partial charge in [-0.2, -0.15) is 0 Å². The van der Waals surface area contributed by atoms with Crippen molar-refractivity contribution in [3.8, 4) is 5.75 Å². The molecule has 0 spiro atoms. The summed E-state index contributed by atoms with van der Waals surface area (Å²) in [6, 6.07) is 8.15. The number of aryl methyl sites for hydroxylation is 1. The molecule has 21 heavy (non-hydrogen) atoms. The van der Waals surface area contributed by atoms with Crippen LogP contribution in [0.2, 0.25) is 0 Å². The molecule has 2 fully saturated rings. The molecule has 2 heterocycles. The summed E-state index contributed by atoms with van der Waals surface area (Å²) in [5.41, 5.74) is 2.57. The smallest absolute Gasteiger partial charge is 0.121 e. The Kier molecular flexibility index (Phi) is 4.51. The van der Waals surface area contributed by atoms with Crippen molar-refractivity contribution in [1.82, 2.24) is 10.2 Å². The van der Waals surface area contributed by atoms with E-state index in [1.807, 2.05) is 0 Å². The lowest BCUT2D eigenvalue weighted by Crippen LogP contribution is -2.42. The molecule has 2 bridgehead atoms. The summed E-state index contributed by atoms with van der Waals surface area (Å²) in [6.45, 7) is 4.23. The summed E-state index contributed by atoms with van der Waals surface area (Å²) in [5, 5.41) is 3.66. The Balaban J connectivity index is 1.47. The number of nitrogens with one attached hydrogen (secondary N) is 1. The molecule has 1 N–H and O–H groups in total. The third-order valence-corrected chi connectivity index (χ3v) is 5.42. The number of fused-ring (bicyclic) bond motifs is 2. The second-order valence-corrected chi connectivity index (χ2v) is 6.82. The molecule has 1 aromatic carbocycles. The molecule has 3 rings (SSSR count). The Bertz CT molecular complexity index is 474. The van der Waals surface area contributed by atoms with Gasteiger partial charge in [-0.3, -0.25) is 0 Å². The van der Waals surface area contributed by atoms with E-state index in [1.54, 1.807) is 7.11 Å². The van der Waals surface area contributed by atoms with Gasteiger partial charge in [0, 0.05) is 18.6 Å².